The number of imidazole rings is 1. The quantitative estimate of drug-likeness (QED) is 0.0698. The van der Waals surface area contributed by atoms with Crippen LogP contribution in [-0.2, 0) is 7.05 Å². The number of nitrogens with one attached hydrogen (secondary N) is 2. The maximum Gasteiger partial charge on any atom is 0.258 e. The smallest absolute Gasteiger partial charge is 0.258 e. The van der Waals surface area contributed by atoms with E-state index in [4.69, 9.17) is 20.2 Å². The van der Waals surface area contributed by atoms with Gasteiger partial charge in [-0.05, 0) is 224 Å². The number of benzene rings is 1. The zero-order chi connectivity index (χ0) is 99.6. The van der Waals surface area contributed by atoms with Crippen LogP contribution in [0.5, 0.6) is 0 Å². The van der Waals surface area contributed by atoms with Crippen molar-refractivity contribution in [2.75, 3.05) is 128 Å². The van der Waals surface area contributed by atoms with E-state index in [1.165, 1.54) is 41.8 Å². The summed E-state index contributed by atoms with van der Waals surface area (Å²) in [4.78, 5) is 116. The third-order valence-corrected chi connectivity index (χ3v) is 27.4. The Bertz CT molecular complexity index is 8580. The highest BCUT2D eigenvalue weighted by molar-refractivity contribution is 5.84. The molecular weight excluding hydrogens is 1830 g/mol. The zero-order valence-electron chi connectivity index (χ0n) is 81.9. The molecule has 24 heterocycles. The number of hydrogen-bond donors (Lipinski definition) is 4. The Morgan fingerprint density at radius 3 is 1.39 bits per heavy atom. The SMILES string of the molecule is CCCN1CCC(c2ccc3nc(-c4ccc5nc(C)cn5c4)cc(=O)n3c2)CC1.Cc1cn2nc(-c3cc(=O)n4cc(C5=CCNCC5)ccc4n3)cc2cn1.Cc1cn2nc(-c3cc(=O)n4cc(N5CCN(CCO)CC5)ccc4n3)cc2cn1.Cc1cn2nc(-c3cc(=O)n4cc(N5CCN[C@H](C)C5)ccc4n3)cc2cn1.Cn1ncc2cc(-c3cc(=O)n4cc(C5=CCN(CCO)CC5)ccc4n3)ccc21. The molecule has 0 spiro atoms. The normalized spacial score (nSPS) is 15.7. The van der Waals surface area contributed by atoms with Crippen molar-refractivity contribution in [3.05, 3.63) is 330 Å². The predicted molar refractivity (Wildman–Crippen MR) is 562 cm³/mol. The second-order valence-electron chi connectivity index (χ2n) is 37.7. The van der Waals surface area contributed by atoms with Crippen LogP contribution in [0.25, 0.3) is 129 Å². The van der Waals surface area contributed by atoms with Crippen LogP contribution in [0.4, 0.5) is 11.4 Å². The Hall–Kier alpha value is -16.2. The highest BCUT2D eigenvalue weighted by Crippen LogP contribution is 2.33. The van der Waals surface area contributed by atoms with Crippen LogP contribution in [0.2, 0.25) is 0 Å². The first-order valence-corrected chi connectivity index (χ1v) is 49.3. The lowest BCUT2D eigenvalue weighted by atomic mass is 9.90. The van der Waals surface area contributed by atoms with Gasteiger partial charge in [0, 0.05) is 182 Å². The molecule has 0 radical (unpaired) electrons. The van der Waals surface area contributed by atoms with Gasteiger partial charge in [0.1, 0.15) is 51.0 Å². The largest absolute Gasteiger partial charge is 0.395 e. The van der Waals surface area contributed by atoms with Crippen molar-refractivity contribution in [2.24, 2.45) is 7.05 Å². The summed E-state index contributed by atoms with van der Waals surface area (Å²) in [5.41, 5.74) is 25.4. The fraction of sp³-hybridized carbons (Fsp3) is 0.296. The molecule has 5 aliphatic rings. The number of piperidine rings is 1. The number of aromatic nitrogens is 23. The van der Waals surface area contributed by atoms with Crippen molar-refractivity contribution in [3.8, 4) is 56.7 Å². The number of likely N-dealkylation sites (tertiary alicyclic amines) is 1. The third-order valence-electron chi connectivity index (χ3n) is 27.4. The molecule has 25 rings (SSSR count). The van der Waals surface area contributed by atoms with Crippen molar-refractivity contribution in [3.63, 3.8) is 0 Å². The van der Waals surface area contributed by atoms with Gasteiger partial charge in [-0.1, -0.05) is 31.2 Å². The zero-order valence-corrected chi connectivity index (χ0v) is 81.9. The number of pyridine rings is 6. The van der Waals surface area contributed by atoms with E-state index >= 15 is 0 Å². The minimum Gasteiger partial charge on any atom is -0.395 e. The van der Waals surface area contributed by atoms with Crippen molar-refractivity contribution >= 4 is 83.9 Å². The van der Waals surface area contributed by atoms with Crippen molar-refractivity contribution in [1.29, 1.82) is 0 Å². The number of fused-ring (bicyclic) bond motifs is 10. The average Bonchev–Trinajstić information content (AvgIpc) is 1.76. The Morgan fingerprint density at radius 2 is 0.869 bits per heavy atom. The number of aryl methyl sites for hydroxylation is 5. The molecule has 19 aromatic heterocycles. The van der Waals surface area contributed by atoms with Crippen LogP contribution in [0.1, 0.15) is 91.3 Å². The maximum absolute atomic E-state index is 12.9. The Morgan fingerprint density at radius 1 is 0.393 bits per heavy atom. The highest BCUT2D eigenvalue weighted by atomic mass is 16.3. The lowest BCUT2D eigenvalue weighted by molar-refractivity contribution is 0.189. The van der Waals surface area contributed by atoms with E-state index in [2.05, 4.69) is 122 Å². The highest BCUT2D eigenvalue weighted by Gasteiger charge is 2.26. The second kappa shape index (κ2) is 41.4. The molecule has 4 N–H and O–H groups in total. The molecule has 3 fully saturated rings. The van der Waals surface area contributed by atoms with Crippen LogP contribution < -0.4 is 48.2 Å². The molecule has 3 saturated heterocycles. The van der Waals surface area contributed by atoms with Gasteiger partial charge in [-0.2, -0.15) is 20.4 Å². The molecule has 0 saturated carbocycles. The molecule has 0 unspecified atom stereocenters. The summed E-state index contributed by atoms with van der Waals surface area (Å²) in [6.45, 7) is 27.2. The molecule has 1 atom stereocenters. The Balaban J connectivity index is 0.000000107. The molecular formula is C108H112N30O7. The summed E-state index contributed by atoms with van der Waals surface area (Å²) in [7, 11) is 1.91. The summed E-state index contributed by atoms with van der Waals surface area (Å²) >= 11 is 0. The summed E-state index contributed by atoms with van der Waals surface area (Å²) in [6.07, 6.45) is 35.8. The lowest BCUT2D eigenvalue weighted by Gasteiger charge is -2.35. The van der Waals surface area contributed by atoms with Gasteiger partial charge in [-0.25, -0.2) is 43.5 Å². The minimum atomic E-state index is -0.137. The predicted octanol–water partition coefficient (Wildman–Crippen LogP) is 10.7. The van der Waals surface area contributed by atoms with Gasteiger partial charge in [0.2, 0.25) is 0 Å². The fourth-order valence-electron chi connectivity index (χ4n) is 19.7. The van der Waals surface area contributed by atoms with Crippen molar-refractivity contribution in [1.82, 2.24) is 135 Å². The van der Waals surface area contributed by atoms with Crippen LogP contribution in [0.15, 0.2) is 262 Å². The summed E-state index contributed by atoms with van der Waals surface area (Å²) < 4.78 is 17.2. The lowest BCUT2D eigenvalue weighted by Crippen LogP contribution is -2.49. The number of nitrogens with zero attached hydrogens (tertiary/aromatic N) is 28. The first kappa shape index (κ1) is 95.0. The molecule has 5 aliphatic heterocycles. The van der Waals surface area contributed by atoms with Gasteiger partial charge in [0.05, 0.1) is 141 Å². The standard InChI is InChI=1S/C24H27N5O.C23H23N5O2.C21H23N7O2.C20H21N7O.C20H18N6O/c1-3-10-27-11-8-18(9-12-27)19-4-7-23-26-21(13-24(30)29(23)16-19)20-5-6-22-25-17(2)14-28(22)15-20;1-26-21-4-2-17(12-19(21)14-24-26)20-13-23(30)28-15-18(3-5-22(28)25-20)16-6-8-27(9-7-16)10-11-29;1-15-13-28-17(12-22-15)10-19(24-28)18-11-21(30)27-14-16(2-3-20(27)23-18)26-6-4-25(5-7-26)8-9-29;1-13-10-25(6-5-21-13)15-3-4-19-23-17(8-20(28)26(19)12-15)18-7-16-9-22-14(2)11-27(16)24-18;1-13-11-26-16(10-22-13)8-18(24-26)17-9-20(27)25-12-15(2-3-19(25)23-17)14-4-6-21-7-5-14/h4-7,13-16,18H,3,8-12H2,1-2H3;2-6,12-15,29H,7-11H2,1H3;2-3,10-14,29H,4-9H2,1H3;3-4,7-9,11-13,21H,5-6,10H2,1-2H3;2-4,8-12,21H,5-7H2,1H3/t;;;13-;/m...1./s1. The number of anilines is 2. The van der Waals surface area contributed by atoms with E-state index in [1.54, 1.807) is 72.3 Å². The molecule has 0 amide bonds. The van der Waals surface area contributed by atoms with E-state index in [0.29, 0.717) is 98.8 Å². The molecule has 0 bridgehead atoms. The number of piperazine rings is 2. The van der Waals surface area contributed by atoms with Gasteiger partial charge in [0.15, 0.2) is 0 Å². The van der Waals surface area contributed by atoms with Gasteiger partial charge in [-0.3, -0.25) is 75.4 Å². The average molecular weight is 1940 g/mol. The first-order chi connectivity index (χ1) is 70.6. The molecule has 20 aromatic rings. The van der Waals surface area contributed by atoms with Crippen molar-refractivity contribution < 1.29 is 10.2 Å². The van der Waals surface area contributed by atoms with E-state index in [9.17, 15) is 24.0 Å². The van der Waals surface area contributed by atoms with Crippen LogP contribution in [0, 0.1) is 27.7 Å². The molecule has 0 aliphatic carbocycles. The Kier molecular flexibility index (Phi) is 27.2. The topological polar surface area (TPSA) is 378 Å². The first-order valence-electron chi connectivity index (χ1n) is 49.3. The van der Waals surface area contributed by atoms with Gasteiger partial charge in [0.25, 0.3) is 27.8 Å². The number of aliphatic hydroxyl groups excluding tert-OH is 2. The maximum atomic E-state index is 12.9. The number of hydrogen-bond acceptors (Lipinski definition) is 27. The third kappa shape index (κ3) is 20.8. The molecule has 1 aromatic carbocycles. The fourth-order valence-corrected chi connectivity index (χ4v) is 19.7. The van der Waals surface area contributed by atoms with Gasteiger partial charge < -0.3 is 39.9 Å². The number of aliphatic hydroxyl groups is 2. The van der Waals surface area contributed by atoms with E-state index in [-0.39, 0.29) is 41.0 Å². The van der Waals surface area contributed by atoms with Gasteiger partial charge in [-0.15, -0.1) is 0 Å². The summed E-state index contributed by atoms with van der Waals surface area (Å²) in [5.74, 6) is 0.515. The summed E-state index contributed by atoms with van der Waals surface area (Å²) in [5, 5.41) is 43.8. The molecule has 37 nitrogen and oxygen atoms in total. The van der Waals surface area contributed by atoms with E-state index in [0.717, 1.165) is 200 Å². The second-order valence-corrected chi connectivity index (χ2v) is 37.7. The van der Waals surface area contributed by atoms with Crippen LogP contribution in [-0.4, -0.2) is 259 Å². The Labute approximate surface area is 831 Å². The summed E-state index contributed by atoms with van der Waals surface area (Å²) in [6, 6.07) is 43.6. The number of rotatable bonds is 16. The number of β-amino-alcohol motifs (C(OH)–C–C–N with tert-alkyl or cyclic N) is 2. The van der Waals surface area contributed by atoms with E-state index < -0.39 is 0 Å². The van der Waals surface area contributed by atoms with Crippen LogP contribution in [0.3, 0.4) is 0 Å². The van der Waals surface area contributed by atoms with E-state index in [1.807, 2.05) is 215 Å². The molecule has 736 valence electrons. The molecule has 37 heteroatoms. The molecule has 145 heavy (non-hydrogen) atoms. The minimum absolute atomic E-state index is 0.0397. The van der Waals surface area contributed by atoms with Crippen molar-refractivity contribution in [2.45, 2.75) is 85.6 Å². The van der Waals surface area contributed by atoms with Crippen LogP contribution >= 0.6 is 0 Å². The van der Waals surface area contributed by atoms with Gasteiger partial charge >= 0.3 is 0 Å². The monoisotopic (exact) mass is 1940 g/mol.